The normalized spacial score (nSPS) is 12.4. The lowest BCUT2D eigenvalue weighted by Gasteiger charge is -2.19. The largest absolute Gasteiger partial charge is 0.472 e. The first kappa shape index (κ1) is 11.4. The van der Waals surface area contributed by atoms with Gasteiger partial charge in [-0.05, 0) is 6.42 Å². The van der Waals surface area contributed by atoms with Crippen molar-refractivity contribution in [2.24, 2.45) is 5.73 Å². The highest BCUT2D eigenvalue weighted by atomic mass is 16.4. The van der Waals surface area contributed by atoms with E-state index in [1.54, 1.807) is 6.92 Å². The second-order valence-corrected chi connectivity index (χ2v) is 2.71. The highest BCUT2D eigenvalue weighted by molar-refractivity contribution is 6.41. The van der Waals surface area contributed by atoms with Gasteiger partial charge in [-0.15, -0.1) is 0 Å². The third-order valence-electron chi connectivity index (χ3n) is 1.57. The van der Waals surface area contributed by atoms with E-state index in [0.717, 1.165) is 0 Å². The van der Waals surface area contributed by atoms with Gasteiger partial charge in [0.15, 0.2) is 0 Å². The zero-order valence-electron chi connectivity index (χ0n) is 7.40. The van der Waals surface area contributed by atoms with Crippen LogP contribution in [0.4, 0.5) is 0 Å². The minimum atomic E-state index is -1.50. The maximum Gasteiger partial charge on any atom is 0.472 e. The molecule has 12 heavy (non-hydrogen) atoms. The van der Waals surface area contributed by atoms with Crippen molar-refractivity contribution < 1.29 is 14.8 Å². The number of nitrogens with zero attached hydrogens (tertiary/aromatic N) is 1. The summed E-state index contributed by atoms with van der Waals surface area (Å²) in [5, 5.41) is 17.1. The molecule has 0 aliphatic rings. The first-order chi connectivity index (χ1) is 5.49. The van der Waals surface area contributed by atoms with Gasteiger partial charge in [-0.2, -0.15) is 0 Å². The van der Waals surface area contributed by atoms with Gasteiger partial charge in [0.1, 0.15) is 0 Å². The minimum Gasteiger partial charge on any atom is -0.426 e. The van der Waals surface area contributed by atoms with E-state index in [0.29, 0.717) is 6.42 Å². The first-order valence-electron chi connectivity index (χ1n) is 3.85. The molecule has 1 amide bonds. The minimum absolute atomic E-state index is 0.105. The van der Waals surface area contributed by atoms with E-state index in [1.807, 2.05) is 0 Å². The Morgan fingerprint density at radius 1 is 1.67 bits per heavy atom. The number of amides is 1. The molecule has 0 aromatic heterocycles. The molecule has 0 aromatic carbocycles. The van der Waals surface area contributed by atoms with E-state index in [1.165, 1.54) is 11.9 Å². The van der Waals surface area contributed by atoms with Gasteiger partial charge in [-0.3, -0.25) is 4.79 Å². The SMILES string of the molecule is CC[C@H](N)C(=O)N(C)CB(O)O. The quantitative estimate of drug-likeness (QED) is 0.438. The van der Waals surface area contributed by atoms with E-state index >= 15 is 0 Å². The smallest absolute Gasteiger partial charge is 0.426 e. The molecule has 0 aliphatic heterocycles. The predicted octanol–water partition coefficient (Wildman–Crippen LogP) is -1.81. The molecule has 0 heterocycles. The Bertz CT molecular complexity index is 154. The summed E-state index contributed by atoms with van der Waals surface area (Å²) in [6.07, 6.45) is 0.442. The molecule has 0 saturated heterocycles. The van der Waals surface area contributed by atoms with Gasteiger partial charge >= 0.3 is 7.12 Å². The van der Waals surface area contributed by atoms with Crippen LogP contribution in [0.2, 0.25) is 0 Å². The third kappa shape index (κ3) is 3.70. The topological polar surface area (TPSA) is 86.8 Å². The molecule has 6 heteroatoms. The number of carbonyl (C=O) groups is 1. The van der Waals surface area contributed by atoms with Crippen LogP contribution in [0.15, 0.2) is 0 Å². The Morgan fingerprint density at radius 2 is 2.17 bits per heavy atom. The summed E-state index contributed by atoms with van der Waals surface area (Å²) in [5.74, 6) is -0.273. The monoisotopic (exact) mass is 174 g/mol. The van der Waals surface area contributed by atoms with Crippen molar-refractivity contribution in [2.45, 2.75) is 19.4 Å². The molecule has 0 radical (unpaired) electrons. The van der Waals surface area contributed by atoms with Gasteiger partial charge < -0.3 is 20.7 Å². The molecule has 0 rings (SSSR count). The van der Waals surface area contributed by atoms with E-state index in [4.69, 9.17) is 15.8 Å². The number of rotatable bonds is 4. The molecule has 0 aromatic rings. The van der Waals surface area contributed by atoms with Gasteiger partial charge in [0.05, 0.1) is 12.5 Å². The number of hydrogen-bond donors (Lipinski definition) is 3. The van der Waals surface area contributed by atoms with Crippen LogP contribution < -0.4 is 5.73 Å². The summed E-state index contributed by atoms with van der Waals surface area (Å²) < 4.78 is 0. The van der Waals surface area contributed by atoms with Gasteiger partial charge in [0.25, 0.3) is 0 Å². The van der Waals surface area contributed by atoms with Crippen LogP contribution in [0.1, 0.15) is 13.3 Å². The zero-order chi connectivity index (χ0) is 9.72. The van der Waals surface area contributed by atoms with Gasteiger partial charge in [0, 0.05) is 7.05 Å². The molecule has 0 bridgehead atoms. The standard InChI is InChI=1S/C6H15BN2O3/c1-3-5(8)6(10)9(2)4-7(11)12/h5,11-12H,3-4,8H2,1-2H3/t5-/m0/s1. The zero-order valence-corrected chi connectivity index (χ0v) is 7.40. The molecule has 0 aliphatic carbocycles. The Balaban J connectivity index is 3.92. The molecule has 4 N–H and O–H groups in total. The van der Waals surface area contributed by atoms with Crippen molar-refractivity contribution in [1.29, 1.82) is 0 Å². The Morgan fingerprint density at radius 3 is 2.50 bits per heavy atom. The van der Waals surface area contributed by atoms with E-state index in [2.05, 4.69) is 0 Å². The predicted molar refractivity (Wildman–Crippen MR) is 46.1 cm³/mol. The molecule has 1 atom stereocenters. The lowest BCUT2D eigenvalue weighted by molar-refractivity contribution is -0.130. The number of hydrogen-bond acceptors (Lipinski definition) is 4. The molecule has 0 spiro atoms. The van der Waals surface area contributed by atoms with Crippen LogP contribution >= 0.6 is 0 Å². The number of likely N-dealkylation sites (N-methyl/N-ethyl adjacent to an activating group) is 1. The van der Waals surface area contributed by atoms with Crippen molar-refractivity contribution in [3.05, 3.63) is 0 Å². The van der Waals surface area contributed by atoms with Gasteiger partial charge in [0.2, 0.25) is 5.91 Å². The van der Waals surface area contributed by atoms with Crippen molar-refractivity contribution in [3.63, 3.8) is 0 Å². The van der Waals surface area contributed by atoms with Crippen molar-refractivity contribution in [2.75, 3.05) is 13.5 Å². The third-order valence-corrected chi connectivity index (χ3v) is 1.57. The van der Waals surface area contributed by atoms with E-state index in [9.17, 15) is 4.79 Å². The van der Waals surface area contributed by atoms with E-state index < -0.39 is 13.2 Å². The van der Waals surface area contributed by atoms with Crippen molar-refractivity contribution >= 4 is 13.0 Å². The van der Waals surface area contributed by atoms with Gasteiger partial charge in [-0.25, -0.2) is 0 Å². The summed E-state index contributed by atoms with van der Waals surface area (Å²) in [7, 11) is -0.0138. The molecular weight excluding hydrogens is 159 g/mol. The van der Waals surface area contributed by atoms with Gasteiger partial charge in [-0.1, -0.05) is 6.92 Å². The van der Waals surface area contributed by atoms with E-state index in [-0.39, 0.29) is 12.4 Å². The Labute approximate surface area is 72.3 Å². The fourth-order valence-corrected chi connectivity index (χ4v) is 0.793. The molecular formula is C6H15BN2O3. The molecule has 5 nitrogen and oxygen atoms in total. The molecule has 0 fully saturated rings. The second kappa shape index (κ2) is 5.13. The summed E-state index contributed by atoms with van der Waals surface area (Å²) >= 11 is 0. The molecule has 0 unspecified atom stereocenters. The van der Waals surface area contributed by atoms with Crippen LogP contribution in [0.3, 0.4) is 0 Å². The lowest BCUT2D eigenvalue weighted by atomic mass is 9.91. The maximum absolute atomic E-state index is 11.2. The highest BCUT2D eigenvalue weighted by Gasteiger charge is 2.19. The van der Waals surface area contributed by atoms with Crippen LogP contribution in [-0.4, -0.2) is 47.5 Å². The van der Waals surface area contributed by atoms with Crippen LogP contribution in [-0.2, 0) is 4.79 Å². The summed E-state index contributed by atoms with van der Waals surface area (Å²) in [6, 6.07) is -0.547. The molecule has 0 saturated carbocycles. The lowest BCUT2D eigenvalue weighted by Crippen LogP contribution is -2.45. The number of carbonyl (C=O) groups excluding carboxylic acids is 1. The first-order valence-corrected chi connectivity index (χ1v) is 3.85. The van der Waals surface area contributed by atoms with Crippen molar-refractivity contribution in [3.8, 4) is 0 Å². The number of nitrogens with two attached hydrogens (primary N) is 1. The fourth-order valence-electron chi connectivity index (χ4n) is 0.793. The average Bonchev–Trinajstić information content (AvgIpc) is 2.00. The summed E-state index contributed by atoms with van der Waals surface area (Å²) in [4.78, 5) is 12.4. The van der Waals surface area contributed by atoms with Crippen LogP contribution in [0.5, 0.6) is 0 Å². The second-order valence-electron chi connectivity index (χ2n) is 2.71. The molecule has 70 valence electrons. The van der Waals surface area contributed by atoms with Crippen LogP contribution in [0.25, 0.3) is 0 Å². The summed E-state index contributed by atoms with van der Waals surface area (Å²) in [5.41, 5.74) is 5.44. The summed E-state index contributed by atoms with van der Waals surface area (Å²) in [6.45, 7) is 1.80. The van der Waals surface area contributed by atoms with Crippen LogP contribution in [0, 0.1) is 0 Å². The average molecular weight is 174 g/mol. The highest BCUT2D eigenvalue weighted by Crippen LogP contribution is 1.93. The van der Waals surface area contributed by atoms with Crippen molar-refractivity contribution in [1.82, 2.24) is 4.90 Å². The fraction of sp³-hybridized carbons (Fsp3) is 0.833. The Hall–Kier alpha value is -0.585. The Kier molecular flexibility index (Phi) is 4.88. The maximum atomic E-state index is 11.2.